The predicted molar refractivity (Wildman–Crippen MR) is 273 cm³/mol. The highest BCUT2D eigenvalue weighted by molar-refractivity contribution is 6.14. The molecule has 63 heavy (non-hydrogen) atoms. The minimum absolute atomic E-state index is 1.16. The van der Waals surface area contributed by atoms with E-state index in [9.17, 15) is 0 Å². The summed E-state index contributed by atoms with van der Waals surface area (Å²) in [5.74, 6) is 0. The van der Waals surface area contributed by atoms with E-state index in [0.29, 0.717) is 0 Å². The lowest BCUT2D eigenvalue weighted by atomic mass is 9.98. The van der Waals surface area contributed by atoms with Crippen molar-refractivity contribution >= 4 is 65.4 Å². The zero-order valence-corrected chi connectivity index (χ0v) is 36.9. The maximum atomic E-state index is 2.41. The van der Waals surface area contributed by atoms with Crippen molar-refractivity contribution in [2.45, 2.75) is 41.5 Å². The number of benzene rings is 9. The second kappa shape index (κ2) is 16.3. The van der Waals surface area contributed by atoms with E-state index in [1.807, 2.05) is 27.7 Å². The molecular formula is C60H51N3. The van der Waals surface area contributed by atoms with Crippen molar-refractivity contribution in [1.29, 1.82) is 0 Å². The Labute approximate surface area is 369 Å². The molecule has 0 saturated heterocycles. The SMILES string of the molecule is CC.CC.Cc1ccc2c(c1)c1cc(-c3ccc4c(c3)c3cc(-c5ccc6c(c5)c5cc(C)ccc5n6-c5ccccc5)ccc3n4-c3ccccc3)ccc1n2-c1ccccc1. The van der Waals surface area contributed by atoms with E-state index in [0.717, 1.165) is 5.69 Å². The number of nitrogens with zero attached hydrogens (tertiary/aromatic N) is 3. The van der Waals surface area contributed by atoms with Gasteiger partial charge in [-0.2, -0.15) is 0 Å². The number of hydrogen-bond donors (Lipinski definition) is 0. The summed E-state index contributed by atoms with van der Waals surface area (Å²) in [5.41, 5.74) is 18.1. The van der Waals surface area contributed by atoms with E-state index in [1.165, 1.54) is 110 Å². The molecule has 0 atom stereocenters. The fourth-order valence-electron chi connectivity index (χ4n) is 9.58. The van der Waals surface area contributed by atoms with E-state index in [2.05, 4.69) is 228 Å². The Hall–Kier alpha value is -7.62. The van der Waals surface area contributed by atoms with Crippen LogP contribution < -0.4 is 0 Å². The quantitative estimate of drug-likeness (QED) is 0.164. The van der Waals surface area contributed by atoms with Crippen molar-refractivity contribution in [1.82, 2.24) is 13.7 Å². The third-order valence-corrected chi connectivity index (χ3v) is 12.3. The van der Waals surface area contributed by atoms with Crippen molar-refractivity contribution < 1.29 is 0 Å². The molecule has 3 aromatic heterocycles. The van der Waals surface area contributed by atoms with E-state index >= 15 is 0 Å². The predicted octanol–water partition coefficient (Wildman–Crippen LogP) is 17.0. The molecule has 0 N–H and O–H groups in total. The summed E-state index contributed by atoms with van der Waals surface area (Å²) in [7, 11) is 0. The van der Waals surface area contributed by atoms with Crippen LogP contribution in [-0.2, 0) is 0 Å². The molecule has 12 aromatic rings. The topological polar surface area (TPSA) is 14.8 Å². The van der Waals surface area contributed by atoms with Gasteiger partial charge in [-0.05, 0) is 145 Å². The molecule has 0 bridgehead atoms. The molecule has 3 nitrogen and oxygen atoms in total. The van der Waals surface area contributed by atoms with Crippen LogP contribution in [-0.4, -0.2) is 13.7 Å². The smallest absolute Gasteiger partial charge is 0.0541 e. The number of aryl methyl sites for hydroxylation is 2. The summed E-state index contributed by atoms with van der Waals surface area (Å²) in [6, 6.07) is 73.8. The van der Waals surface area contributed by atoms with Gasteiger partial charge in [0.2, 0.25) is 0 Å². The van der Waals surface area contributed by atoms with Crippen LogP contribution >= 0.6 is 0 Å². The first-order valence-corrected chi connectivity index (χ1v) is 22.4. The van der Waals surface area contributed by atoms with Crippen LogP contribution in [0.4, 0.5) is 0 Å². The maximum absolute atomic E-state index is 2.41. The first-order chi connectivity index (χ1) is 31.1. The highest BCUT2D eigenvalue weighted by Gasteiger charge is 2.18. The van der Waals surface area contributed by atoms with Crippen molar-refractivity contribution in [2.75, 3.05) is 0 Å². The Kier molecular flexibility index (Phi) is 10.2. The number of para-hydroxylation sites is 3. The Morgan fingerprint density at radius 1 is 0.238 bits per heavy atom. The van der Waals surface area contributed by atoms with Gasteiger partial charge in [0.25, 0.3) is 0 Å². The molecule has 0 aliphatic rings. The molecule has 0 spiro atoms. The third kappa shape index (κ3) is 6.60. The van der Waals surface area contributed by atoms with Gasteiger partial charge in [-0.25, -0.2) is 0 Å². The molecular weight excluding hydrogens is 763 g/mol. The molecule has 0 unspecified atom stereocenters. The summed E-state index contributed by atoms with van der Waals surface area (Å²) < 4.78 is 7.20. The Morgan fingerprint density at radius 2 is 0.460 bits per heavy atom. The van der Waals surface area contributed by atoms with E-state index in [4.69, 9.17) is 0 Å². The largest absolute Gasteiger partial charge is 0.309 e. The van der Waals surface area contributed by atoms with E-state index in [1.54, 1.807) is 0 Å². The summed E-state index contributed by atoms with van der Waals surface area (Å²) in [4.78, 5) is 0. The Balaban J connectivity index is 0.00000115. The molecule has 3 heteroatoms. The van der Waals surface area contributed by atoms with Crippen LogP contribution in [0.1, 0.15) is 38.8 Å². The zero-order chi connectivity index (χ0) is 43.2. The highest BCUT2D eigenvalue weighted by atomic mass is 15.0. The molecule has 0 fully saturated rings. The van der Waals surface area contributed by atoms with Gasteiger partial charge >= 0.3 is 0 Å². The van der Waals surface area contributed by atoms with Crippen LogP contribution in [0.15, 0.2) is 200 Å². The lowest BCUT2D eigenvalue weighted by molar-refractivity contribution is 1.18. The van der Waals surface area contributed by atoms with Crippen molar-refractivity contribution in [3.8, 4) is 39.3 Å². The minimum atomic E-state index is 1.16. The standard InChI is InChI=1S/C56H39N3.2C2H6/c1-36-18-24-51-45(30-36)47-32-38(20-26-53(47)57(51)42-12-6-3-7-13-42)40-22-28-55-49(34-40)50-35-41(23-29-56(50)59(55)44-16-10-5-11-17-44)39-21-27-54-48(33-39)46-31-37(2)19-25-52(46)58(54)43-14-8-4-9-15-43;2*1-2/h3-35H,1-2H3;2*1-2H3. The fourth-order valence-corrected chi connectivity index (χ4v) is 9.58. The lowest BCUT2D eigenvalue weighted by Crippen LogP contribution is -1.93. The van der Waals surface area contributed by atoms with Gasteiger partial charge in [-0.1, -0.05) is 130 Å². The molecule has 3 heterocycles. The molecule has 0 aliphatic heterocycles. The highest BCUT2D eigenvalue weighted by Crippen LogP contribution is 2.41. The van der Waals surface area contributed by atoms with Gasteiger partial charge in [0.1, 0.15) is 0 Å². The lowest BCUT2D eigenvalue weighted by Gasteiger charge is -2.09. The summed E-state index contributed by atoms with van der Waals surface area (Å²) in [5, 5.41) is 7.55. The van der Waals surface area contributed by atoms with Crippen molar-refractivity contribution in [2.24, 2.45) is 0 Å². The normalized spacial score (nSPS) is 11.3. The maximum Gasteiger partial charge on any atom is 0.0541 e. The number of fused-ring (bicyclic) bond motifs is 9. The Bertz CT molecular complexity index is 3380. The second-order valence-electron chi connectivity index (χ2n) is 16.0. The van der Waals surface area contributed by atoms with Crippen LogP contribution in [0.25, 0.3) is 105 Å². The van der Waals surface area contributed by atoms with Gasteiger partial charge in [0.15, 0.2) is 0 Å². The van der Waals surface area contributed by atoms with Gasteiger partial charge in [-0.15, -0.1) is 0 Å². The van der Waals surface area contributed by atoms with E-state index < -0.39 is 0 Å². The third-order valence-electron chi connectivity index (χ3n) is 12.3. The molecule has 9 aromatic carbocycles. The Morgan fingerprint density at radius 3 is 0.714 bits per heavy atom. The number of rotatable bonds is 5. The van der Waals surface area contributed by atoms with Crippen LogP contribution in [0.5, 0.6) is 0 Å². The zero-order valence-electron chi connectivity index (χ0n) is 36.9. The van der Waals surface area contributed by atoms with Gasteiger partial charge in [-0.3, -0.25) is 0 Å². The first-order valence-electron chi connectivity index (χ1n) is 22.4. The van der Waals surface area contributed by atoms with Gasteiger partial charge in [0, 0.05) is 49.4 Å². The number of hydrogen-bond acceptors (Lipinski definition) is 0. The monoisotopic (exact) mass is 813 g/mol. The molecule has 12 rings (SSSR count). The molecule has 0 radical (unpaired) electrons. The second-order valence-corrected chi connectivity index (χ2v) is 16.0. The molecule has 0 saturated carbocycles. The van der Waals surface area contributed by atoms with Crippen LogP contribution in [0.2, 0.25) is 0 Å². The summed E-state index contributed by atoms with van der Waals surface area (Å²) >= 11 is 0. The van der Waals surface area contributed by atoms with Gasteiger partial charge < -0.3 is 13.7 Å². The van der Waals surface area contributed by atoms with Crippen LogP contribution in [0.3, 0.4) is 0 Å². The fraction of sp³-hybridized carbons (Fsp3) is 0.100. The summed E-state index contributed by atoms with van der Waals surface area (Å²) in [6.45, 7) is 12.4. The molecule has 306 valence electrons. The van der Waals surface area contributed by atoms with Crippen LogP contribution in [0, 0.1) is 13.8 Å². The summed E-state index contributed by atoms with van der Waals surface area (Å²) in [6.07, 6.45) is 0. The van der Waals surface area contributed by atoms with E-state index in [-0.39, 0.29) is 0 Å². The first kappa shape index (κ1) is 39.5. The van der Waals surface area contributed by atoms with Crippen molar-refractivity contribution in [3.05, 3.63) is 211 Å². The minimum Gasteiger partial charge on any atom is -0.309 e. The molecule has 0 aliphatic carbocycles. The average Bonchev–Trinajstić information content (AvgIpc) is 3.97. The average molecular weight is 814 g/mol. The van der Waals surface area contributed by atoms with Crippen molar-refractivity contribution in [3.63, 3.8) is 0 Å². The molecule has 0 amide bonds. The number of aromatic nitrogens is 3. The van der Waals surface area contributed by atoms with Gasteiger partial charge in [0.05, 0.1) is 33.1 Å².